The van der Waals surface area contributed by atoms with Gasteiger partial charge in [0.2, 0.25) is 0 Å². The van der Waals surface area contributed by atoms with Crippen LogP contribution in [0.15, 0.2) is 0 Å². The van der Waals surface area contributed by atoms with E-state index in [0.29, 0.717) is 0 Å². The summed E-state index contributed by atoms with van der Waals surface area (Å²) in [6.07, 6.45) is -1.08. The van der Waals surface area contributed by atoms with Crippen molar-refractivity contribution in [3.8, 4) is 0 Å². The molecule has 1 atom stereocenters. The van der Waals surface area contributed by atoms with Gasteiger partial charge in [0.05, 0.1) is 6.54 Å². The lowest BCUT2D eigenvalue weighted by Crippen LogP contribution is -2.35. The summed E-state index contributed by atoms with van der Waals surface area (Å²) in [7, 11) is 0. The normalized spacial score (nSPS) is 13.9. The number of Topliss-reactive ketones (excluding diaryl/α,β-unsaturated/α-hetero) is 1. The topological polar surface area (TPSA) is 29.1 Å². The van der Waals surface area contributed by atoms with Gasteiger partial charge in [-0.25, -0.2) is 4.39 Å². The molecule has 12 heavy (non-hydrogen) atoms. The number of halogens is 1. The summed E-state index contributed by atoms with van der Waals surface area (Å²) in [6.45, 7) is 7.31. The standard InChI is InChI=1S/C9H18FNO/c1-6(2)8(12)5-11-9(10)7(3)4/h6-7,9,11H,5H2,1-4H3. The summed E-state index contributed by atoms with van der Waals surface area (Å²) in [6, 6.07) is 0. The molecule has 0 fully saturated rings. The largest absolute Gasteiger partial charge is 0.298 e. The van der Waals surface area contributed by atoms with Gasteiger partial charge in [-0.15, -0.1) is 0 Å². The van der Waals surface area contributed by atoms with E-state index in [1.54, 1.807) is 13.8 Å². The molecule has 0 spiro atoms. The average molecular weight is 175 g/mol. The second-order valence-electron chi connectivity index (χ2n) is 3.65. The molecule has 0 saturated carbocycles. The summed E-state index contributed by atoms with van der Waals surface area (Å²) >= 11 is 0. The summed E-state index contributed by atoms with van der Waals surface area (Å²) in [5.74, 6) is -0.0416. The third-order valence-corrected chi connectivity index (χ3v) is 1.70. The predicted octanol–water partition coefficient (Wildman–Crippen LogP) is 1.75. The number of carbonyl (C=O) groups is 1. The van der Waals surface area contributed by atoms with Crippen molar-refractivity contribution in [1.82, 2.24) is 5.32 Å². The molecule has 1 unspecified atom stereocenters. The van der Waals surface area contributed by atoms with Gasteiger partial charge < -0.3 is 0 Å². The molecule has 1 N–H and O–H groups in total. The fourth-order valence-corrected chi connectivity index (χ4v) is 0.638. The molecule has 0 amide bonds. The van der Waals surface area contributed by atoms with Crippen LogP contribution in [0.25, 0.3) is 0 Å². The monoisotopic (exact) mass is 175 g/mol. The molecule has 0 aromatic carbocycles. The van der Waals surface area contributed by atoms with Gasteiger partial charge in [-0.3, -0.25) is 10.1 Å². The van der Waals surface area contributed by atoms with Crippen LogP contribution in [0.5, 0.6) is 0 Å². The van der Waals surface area contributed by atoms with Crippen molar-refractivity contribution in [2.24, 2.45) is 11.8 Å². The quantitative estimate of drug-likeness (QED) is 0.645. The minimum absolute atomic E-state index is 0.0168. The third kappa shape index (κ3) is 4.44. The number of nitrogens with one attached hydrogen (secondary N) is 1. The highest BCUT2D eigenvalue weighted by molar-refractivity contribution is 5.82. The highest BCUT2D eigenvalue weighted by Gasteiger charge is 2.13. The zero-order valence-electron chi connectivity index (χ0n) is 8.23. The Morgan fingerprint density at radius 1 is 1.33 bits per heavy atom. The van der Waals surface area contributed by atoms with E-state index in [-0.39, 0.29) is 24.2 Å². The second kappa shape index (κ2) is 5.25. The Kier molecular flexibility index (Phi) is 5.06. The SMILES string of the molecule is CC(C)C(=O)CNC(F)C(C)C. The lowest BCUT2D eigenvalue weighted by molar-refractivity contribution is -0.121. The maximum atomic E-state index is 12.9. The van der Waals surface area contributed by atoms with Gasteiger partial charge in [-0.05, 0) is 5.92 Å². The van der Waals surface area contributed by atoms with Crippen molar-refractivity contribution in [2.75, 3.05) is 6.54 Å². The molecule has 0 aliphatic carbocycles. The van der Waals surface area contributed by atoms with E-state index in [1.165, 1.54) is 0 Å². The van der Waals surface area contributed by atoms with Crippen LogP contribution in [0.1, 0.15) is 27.7 Å². The fraction of sp³-hybridized carbons (Fsp3) is 0.889. The molecule has 0 aliphatic heterocycles. The van der Waals surface area contributed by atoms with Crippen molar-refractivity contribution in [2.45, 2.75) is 34.0 Å². The zero-order chi connectivity index (χ0) is 9.72. The Balaban J connectivity index is 3.61. The Hall–Kier alpha value is -0.440. The summed E-state index contributed by atoms with van der Waals surface area (Å²) in [4.78, 5) is 11.0. The molecular weight excluding hydrogens is 157 g/mol. The summed E-state index contributed by atoms with van der Waals surface area (Å²) < 4.78 is 12.9. The van der Waals surface area contributed by atoms with Gasteiger partial charge in [-0.1, -0.05) is 27.7 Å². The Bertz CT molecular complexity index is 145. The molecule has 0 rings (SSSR count). The van der Waals surface area contributed by atoms with Crippen molar-refractivity contribution >= 4 is 5.78 Å². The molecule has 0 heterocycles. The van der Waals surface area contributed by atoms with Gasteiger partial charge >= 0.3 is 0 Å². The van der Waals surface area contributed by atoms with Crippen LogP contribution < -0.4 is 5.32 Å². The van der Waals surface area contributed by atoms with Crippen LogP contribution in [-0.4, -0.2) is 18.6 Å². The van der Waals surface area contributed by atoms with E-state index in [0.717, 1.165) is 0 Å². The van der Waals surface area contributed by atoms with Crippen LogP contribution in [0, 0.1) is 11.8 Å². The zero-order valence-corrected chi connectivity index (χ0v) is 8.23. The molecule has 0 bridgehead atoms. The van der Waals surface area contributed by atoms with E-state index in [9.17, 15) is 9.18 Å². The summed E-state index contributed by atoms with van der Waals surface area (Å²) in [5.41, 5.74) is 0. The highest BCUT2D eigenvalue weighted by atomic mass is 19.1. The molecule has 0 aromatic heterocycles. The number of alkyl halides is 1. The maximum Gasteiger partial charge on any atom is 0.153 e. The molecular formula is C9H18FNO. The van der Waals surface area contributed by atoms with Gasteiger partial charge in [0.1, 0.15) is 5.78 Å². The van der Waals surface area contributed by atoms with E-state index in [2.05, 4.69) is 5.32 Å². The van der Waals surface area contributed by atoms with E-state index in [1.807, 2.05) is 13.8 Å². The molecule has 0 radical (unpaired) electrons. The van der Waals surface area contributed by atoms with Gasteiger partial charge in [-0.2, -0.15) is 0 Å². The average Bonchev–Trinajstić information content (AvgIpc) is 1.98. The molecule has 2 nitrogen and oxygen atoms in total. The number of hydrogen-bond donors (Lipinski definition) is 1. The van der Waals surface area contributed by atoms with Gasteiger partial charge in [0.15, 0.2) is 6.30 Å². The van der Waals surface area contributed by atoms with E-state index >= 15 is 0 Å². The third-order valence-electron chi connectivity index (χ3n) is 1.70. The maximum absolute atomic E-state index is 12.9. The lowest BCUT2D eigenvalue weighted by Gasteiger charge is -2.13. The predicted molar refractivity (Wildman–Crippen MR) is 47.6 cm³/mol. The van der Waals surface area contributed by atoms with Crippen molar-refractivity contribution < 1.29 is 9.18 Å². The van der Waals surface area contributed by atoms with Crippen molar-refractivity contribution in [3.05, 3.63) is 0 Å². The number of hydrogen-bond acceptors (Lipinski definition) is 2. The first-order valence-electron chi connectivity index (χ1n) is 4.35. The van der Waals surface area contributed by atoms with Gasteiger partial charge in [0.25, 0.3) is 0 Å². The van der Waals surface area contributed by atoms with Gasteiger partial charge in [0, 0.05) is 5.92 Å². The number of carbonyl (C=O) groups excluding carboxylic acids is 1. The van der Waals surface area contributed by atoms with Crippen LogP contribution in [0.4, 0.5) is 4.39 Å². The highest BCUT2D eigenvalue weighted by Crippen LogP contribution is 2.02. The number of rotatable bonds is 5. The Morgan fingerprint density at radius 3 is 2.17 bits per heavy atom. The first kappa shape index (κ1) is 11.6. The van der Waals surface area contributed by atoms with E-state index in [4.69, 9.17) is 0 Å². The molecule has 0 aliphatic rings. The van der Waals surface area contributed by atoms with Crippen LogP contribution in [0.3, 0.4) is 0 Å². The minimum Gasteiger partial charge on any atom is -0.298 e. The van der Waals surface area contributed by atoms with Crippen molar-refractivity contribution in [3.63, 3.8) is 0 Å². The van der Waals surface area contributed by atoms with E-state index < -0.39 is 6.30 Å². The molecule has 3 heteroatoms. The smallest absolute Gasteiger partial charge is 0.153 e. The second-order valence-corrected chi connectivity index (χ2v) is 3.65. The first-order valence-corrected chi connectivity index (χ1v) is 4.35. The first-order chi connectivity index (χ1) is 5.45. The Morgan fingerprint density at radius 2 is 1.83 bits per heavy atom. The van der Waals surface area contributed by atoms with Crippen LogP contribution >= 0.6 is 0 Å². The molecule has 72 valence electrons. The lowest BCUT2D eigenvalue weighted by atomic mass is 10.1. The molecule has 0 saturated heterocycles. The van der Waals surface area contributed by atoms with Crippen LogP contribution in [0.2, 0.25) is 0 Å². The summed E-state index contributed by atoms with van der Waals surface area (Å²) in [5, 5.41) is 2.55. The minimum atomic E-state index is -1.08. The van der Waals surface area contributed by atoms with Crippen molar-refractivity contribution in [1.29, 1.82) is 0 Å². The Labute approximate surface area is 73.5 Å². The number of ketones is 1. The van der Waals surface area contributed by atoms with Crippen LogP contribution in [-0.2, 0) is 4.79 Å². The fourth-order valence-electron chi connectivity index (χ4n) is 0.638. The molecule has 0 aromatic rings.